The Morgan fingerprint density at radius 1 is 0.781 bits per heavy atom. The van der Waals surface area contributed by atoms with Crippen LogP contribution in [0.25, 0.3) is 0 Å². The van der Waals surface area contributed by atoms with Gasteiger partial charge in [-0.1, -0.05) is 61.0 Å². The van der Waals surface area contributed by atoms with E-state index in [9.17, 15) is 0 Å². The van der Waals surface area contributed by atoms with E-state index in [1.165, 1.54) is 43.8 Å². The molecule has 2 atom stereocenters. The number of morpholine rings is 1. The number of allylic oxidation sites excluding steroid dienone is 2. The molecule has 0 saturated carbocycles. The van der Waals surface area contributed by atoms with Crippen LogP contribution in [0, 0.1) is 0 Å². The summed E-state index contributed by atoms with van der Waals surface area (Å²) in [5, 5.41) is 1.44. The molecule has 0 bridgehead atoms. The van der Waals surface area contributed by atoms with Gasteiger partial charge in [0.15, 0.2) is 0 Å². The third kappa shape index (κ3) is 4.46. The summed E-state index contributed by atoms with van der Waals surface area (Å²) in [6.45, 7) is 5.99. The zero-order chi connectivity index (χ0) is 21.6. The standard InChI is InChI=1S/C27H36N3OP/c1-4-12-24(13-5-1)28-32(25-14-6-2-7-15-25,30-18-10-3-11-19-30)27-17-9-8-16-26(27)29-20-22-31-23-21-29/h1-2,4-7,12-16,27H,3,8-11,17-23H2. The lowest BCUT2D eigenvalue weighted by Crippen LogP contribution is -2.44. The smallest absolute Gasteiger partial charge is 0.0755 e. The van der Waals surface area contributed by atoms with E-state index in [0.29, 0.717) is 5.66 Å². The second-order valence-corrected chi connectivity index (χ2v) is 12.3. The fourth-order valence-corrected chi connectivity index (χ4v) is 10.2. The Morgan fingerprint density at radius 3 is 2.19 bits per heavy atom. The fourth-order valence-electron chi connectivity index (χ4n) is 5.60. The number of hydrogen-bond acceptors (Lipinski definition) is 3. The quantitative estimate of drug-likeness (QED) is 0.523. The molecule has 2 fully saturated rings. The SMILES string of the molecule is C1=C(N2CCOCC2)C(P(=Nc2ccccc2)(c2ccccc2)N2CCCCC2)CCC1. The van der Waals surface area contributed by atoms with Crippen molar-refractivity contribution in [3.63, 3.8) is 0 Å². The van der Waals surface area contributed by atoms with Crippen LogP contribution in [-0.4, -0.2) is 54.6 Å². The third-order valence-electron chi connectivity index (χ3n) is 7.11. The van der Waals surface area contributed by atoms with E-state index in [0.717, 1.165) is 45.1 Å². The molecular formula is C27H36N3OP. The molecule has 2 saturated heterocycles. The molecule has 4 nitrogen and oxygen atoms in total. The summed E-state index contributed by atoms with van der Waals surface area (Å²) in [4.78, 5) is 2.62. The molecule has 0 amide bonds. The van der Waals surface area contributed by atoms with Gasteiger partial charge < -0.3 is 9.64 Å². The highest BCUT2D eigenvalue weighted by molar-refractivity contribution is 7.72. The van der Waals surface area contributed by atoms with Crippen LogP contribution < -0.4 is 5.30 Å². The minimum Gasteiger partial charge on any atom is -0.378 e. The molecule has 2 aromatic rings. The Hall–Kier alpha value is -1.87. The summed E-state index contributed by atoms with van der Waals surface area (Å²) < 4.78 is 14.3. The van der Waals surface area contributed by atoms with E-state index in [1.54, 1.807) is 5.70 Å². The Balaban J connectivity index is 1.71. The largest absolute Gasteiger partial charge is 0.378 e. The van der Waals surface area contributed by atoms with E-state index in [1.807, 2.05) is 0 Å². The lowest BCUT2D eigenvalue weighted by molar-refractivity contribution is 0.0514. The molecule has 32 heavy (non-hydrogen) atoms. The van der Waals surface area contributed by atoms with Crippen molar-refractivity contribution in [1.82, 2.24) is 9.57 Å². The van der Waals surface area contributed by atoms with Crippen molar-refractivity contribution in [2.24, 2.45) is 4.74 Å². The second kappa shape index (κ2) is 10.4. The summed E-state index contributed by atoms with van der Waals surface area (Å²) in [5.41, 5.74) is 3.12. The van der Waals surface area contributed by atoms with E-state index >= 15 is 0 Å². The van der Waals surface area contributed by atoms with Gasteiger partial charge in [-0.05, 0) is 44.2 Å². The third-order valence-corrected chi connectivity index (χ3v) is 11.4. The van der Waals surface area contributed by atoms with Crippen LogP contribution in [0.4, 0.5) is 5.69 Å². The maximum absolute atomic E-state index is 5.79. The van der Waals surface area contributed by atoms with Crippen molar-refractivity contribution < 1.29 is 4.74 Å². The van der Waals surface area contributed by atoms with Gasteiger partial charge in [-0.2, -0.15) is 0 Å². The van der Waals surface area contributed by atoms with Crippen molar-refractivity contribution in [3.05, 3.63) is 72.4 Å². The summed E-state index contributed by atoms with van der Waals surface area (Å²) >= 11 is 0. The van der Waals surface area contributed by atoms with Crippen molar-refractivity contribution in [2.75, 3.05) is 39.4 Å². The molecule has 0 spiro atoms. The molecule has 0 aromatic heterocycles. The molecule has 170 valence electrons. The van der Waals surface area contributed by atoms with E-state index in [4.69, 9.17) is 9.48 Å². The Morgan fingerprint density at radius 2 is 1.47 bits per heavy atom. The number of hydrogen-bond donors (Lipinski definition) is 0. The van der Waals surface area contributed by atoms with Crippen LogP contribution in [0.1, 0.15) is 38.5 Å². The number of benzene rings is 2. The van der Waals surface area contributed by atoms with Gasteiger partial charge in [0.25, 0.3) is 0 Å². The van der Waals surface area contributed by atoms with Gasteiger partial charge in [-0.3, -0.25) is 4.67 Å². The summed E-state index contributed by atoms with van der Waals surface area (Å²) in [7, 11) is -2.04. The van der Waals surface area contributed by atoms with Gasteiger partial charge in [0.1, 0.15) is 0 Å². The molecule has 2 aromatic carbocycles. The lowest BCUT2D eigenvalue weighted by Gasteiger charge is -2.48. The van der Waals surface area contributed by atoms with Crippen molar-refractivity contribution >= 4 is 18.2 Å². The normalized spacial score (nSPS) is 24.4. The molecule has 2 unspecified atom stereocenters. The first-order valence-electron chi connectivity index (χ1n) is 12.4. The lowest BCUT2D eigenvalue weighted by atomic mass is 10.0. The van der Waals surface area contributed by atoms with E-state index < -0.39 is 7.21 Å². The first-order valence-corrected chi connectivity index (χ1v) is 14.2. The first kappa shape index (κ1) is 21.9. The molecular weight excluding hydrogens is 413 g/mol. The topological polar surface area (TPSA) is 28.1 Å². The number of rotatable bonds is 5. The number of ether oxygens (including phenoxy) is 1. The zero-order valence-corrected chi connectivity index (χ0v) is 20.0. The minimum atomic E-state index is -2.04. The van der Waals surface area contributed by atoms with Gasteiger partial charge in [0.05, 0.1) is 31.8 Å². The van der Waals surface area contributed by atoms with Crippen LogP contribution in [0.2, 0.25) is 0 Å². The average Bonchev–Trinajstić information content (AvgIpc) is 2.89. The molecule has 2 aliphatic heterocycles. The predicted octanol–water partition coefficient (Wildman–Crippen LogP) is 6.01. The summed E-state index contributed by atoms with van der Waals surface area (Å²) in [6.07, 6.45) is 10.1. The highest BCUT2D eigenvalue weighted by Gasteiger charge is 2.42. The first-order chi connectivity index (χ1) is 15.9. The van der Waals surface area contributed by atoms with Crippen LogP contribution in [0.5, 0.6) is 0 Å². The molecule has 2 heterocycles. The Bertz CT molecular complexity index is 947. The summed E-state index contributed by atoms with van der Waals surface area (Å²) in [6, 6.07) is 22.1. The van der Waals surface area contributed by atoms with Gasteiger partial charge >= 0.3 is 0 Å². The van der Waals surface area contributed by atoms with Crippen LogP contribution in [0.3, 0.4) is 0 Å². The highest BCUT2D eigenvalue weighted by Crippen LogP contribution is 2.63. The van der Waals surface area contributed by atoms with Crippen molar-refractivity contribution in [1.29, 1.82) is 0 Å². The second-order valence-electron chi connectivity index (χ2n) is 9.11. The molecule has 3 aliphatic rings. The maximum atomic E-state index is 5.79. The zero-order valence-electron chi connectivity index (χ0n) is 19.1. The van der Waals surface area contributed by atoms with Crippen molar-refractivity contribution in [3.8, 4) is 0 Å². The van der Waals surface area contributed by atoms with Gasteiger partial charge in [0, 0.05) is 37.2 Å². The average molecular weight is 450 g/mol. The van der Waals surface area contributed by atoms with Gasteiger partial charge in [0.2, 0.25) is 0 Å². The van der Waals surface area contributed by atoms with Gasteiger partial charge in [-0.25, -0.2) is 4.74 Å². The highest BCUT2D eigenvalue weighted by atomic mass is 31.2. The van der Waals surface area contributed by atoms with Crippen LogP contribution in [0.15, 0.2) is 77.2 Å². The van der Waals surface area contributed by atoms with Crippen molar-refractivity contribution in [2.45, 2.75) is 44.2 Å². The monoisotopic (exact) mass is 449 g/mol. The van der Waals surface area contributed by atoms with E-state index in [2.05, 4.69) is 76.3 Å². The summed E-state index contributed by atoms with van der Waals surface area (Å²) in [5.74, 6) is 0. The minimum absolute atomic E-state index is 0.454. The van der Waals surface area contributed by atoms with E-state index in [-0.39, 0.29) is 0 Å². The Labute approximate surface area is 193 Å². The van der Waals surface area contributed by atoms with Crippen LogP contribution >= 0.6 is 7.21 Å². The molecule has 5 rings (SSSR count). The molecule has 1 aliphatic carbocycles. The van der Waals surface area contributed by atoms with Crippen LogP contribution in [-0.2, 0) is 4.74 Å². The Kier molecular flexibility index (Phi) is 7.12. The molecule has 5 heteroatoms. The number of piperidine rings is 1. The maximum Gasteiger partial charge on any atom is 0.0755 e. The van der Waals surface area contributed by atoms with Gasteiger partial charge in [-0.15, -0.1) is 0 Å². The molecule has 0 radical (unpaired) electrons. The molecule has 0 N–H and O–H groups in total. The predicted molar refractivity (Wildman–Crippen MR) is 135 cm³/mol. The number of nitrogens with zero attached hydrogens (tertiary/aromatic N) is 3. The fraction of sp³-hybridized carbons (Fsp3) is 0.481.